The monoisotopic (exact) mass is 429 g/mol. The summed E-state index contributed by atoms with van der Waals surface area (Å²) in [6.07, 6.45) is 8.97. The third kappa shape index (κ3) is 3.28. The molecule has 4 saturated carbocycles. The Morgan fingerprint density at radius 1 is 1.40 bits per heavy atom. The average Bonchev–Trinajstić information content (AvgIpc) is 3.36. The van der Waals surface area contributed by atoms with E-state index in [1.165, 1.54) is 17.5 Å². The molecule has 0 radical (unpaired) electrons. The fourth-order valence-corrected chi connectivity index (χ4v) is 7.07. The number of oxime groups is 1. The number of carbonyl (C=O) groups excluding carboxylic acids is 1. The van der Waals surface area contributed by atoms with E-state index in [2.05, 4.69) is 10.3 Å². The van der Waals surface area contributed by atoms with E-state index in [0.717, 1.165) is 43.4 Å². The van der Waals surface area contributed by atoms with Crippen molar-refractivity contribution in [3.63, 3.8) is 0 Å². The Hall–Kier alpha value is -2.75. The minimum Gasteiger partial charge on any atom is -0.380 e. The number of nitro groups is 1. The average molecular weight is 430 g/mol. The summed E-state index contributed by atoms with van der Waals surface area (Å²) < 4.78 is 1.80. The molecular formula is C20H23N5O4S. The Kier molecular flexibility index (Phi) is 4.42. The van der Waals surface area contributed by atoms with Gasteiger partial charge < -0.3 is 10.6 Å². The molecule has 0 amide bonds. The lowest BCUT2D eigenvalue weighted by Crippen LogP contribution is -2.57. The number of thiophene rings is 1. The van der Waals surface area contributed by atoms with E-state index in [9.17, 15) is 14.9 Å². The van der Waals surface area contributed by atoms with Crippen LogP contribution in [0, 0.1) is 27.4 Å². The van der Waals surface area contributed by atoms with Crippen molar-refractivity contribution in [1.29, 1.82) is 0 Å². The Labute approximate surface area is 177 Å². The van der Waals surface area contributed by atoms with Crippen molar-refractivity contribution >= 4 is 28.8 Å². The number of nitrogens with two attached hydrogens (primary N) is 1. The Bertz CT molecular complexity index is 1000. The van der Waals surface area contributed by atoms with Crippen molar-refractivity contribution in [3.05, 3.63) is 44.9 Å². The minimum atomic E-state index is -0.410. The third-order valence-corrected chi connectivity index (χ3v) is 7.85. The highest BCUT2D eigenvalue weighted by Crippen LogP contribution is 2.65. The first-order chi connectivity index (χ1) is 14.4. The standard InChI is InChI=1S/C20H23N5O4S/c21-18(16-2-1-3-30-16)23-29-17(26)9-19-5-13-4-14(6-19)8-20(7-13,12-19)24-11-15(10-22-24)25(27)28/h1-3,10-11,13-14H,4-9,12H2,(H2,21,23). The van der Waals surface area contributed by atoms with Gasteiger partial charge in [-0.05, 0) is 67.2 Å². The van der Waals surface area contributed by atoms with Crippen molar-refractivity contribution in [3.8, 4) is 0 Å². The highest BCUT2D eigenvalue weighted by atomic mass is 32.1. The van der Waals surface area contributed by atoms with Gasteiger partial charge in [-0.3, -0.25) is 14.8 Å². The maximum absolute atomic E-state index is 12.6. The first kappa shape index (κ1) is 19.2. The lowest BCUT2D eigenvalue weighted by Gasteiger charge is -2.61. The van der Waals surface area contributed by atoms with Crippen LogP contribution in [0.1, 0.15) is 49.8 Å². The first-order valence-electron chi connectivity index (χ1n) is 10.1. The van der Waals surface area contributed by atoms with Crippen LogP contribution < -0.4 is 5.73 Å². The van der Waals surface area contributed by atoms with Crippen LogP contribution in [-0.2, 0) is 15.2 Å². The van der Waals surface area contributed by atoms with Crippen LogP contribution in [0.2, 0.25) is 0 Å². The van der Waals surface area contributed by atoms with Crippen molar-refractivity contribution < 1.29 is 14.6 Å². The molecule has 0 spiro atoms. The summed E-state index contributed by atoms with van der Waals surface area (Å²) in [5, 5.41) is 21.2. The van der Waals surface area contributed by atoms with Gasteiger partial charge in [0.1, 0.15) is 12.4 Å². The first-order valence-corrected chi connectivity index (χ1v) is 11.0. The summed E-state index contributed by atoms with van der Waals surface area (Å²) in [7, 11) is 0. The zero-order valence-electron chi connectivity index (χ0n) is 16.4. The molecule has 2 aromatic rings. The van der Waals surface area contributed by atoms with E-state index in [4.69, 9.17) is 10.6 Å². The van der Waals surface area contributed by atoms with Crippen LogP contribution in [0.25, 0.3) is 0 Å². The van der Waals surface area contributed by atoms with E-state index >= 15 is 0 Å². The fraction of sp³-hybridized carbons (Fsp3) is 0.550. The summed E-state index contributed by atoms with van der Waals surface area (Å²) in [5.74, 6) is 0.825. The molecule has 2 unspecified atom stereocenters. The molecular weight excluding hydrogens is 406 g/mol. The predicted molar refractivity (Wildman–Crippen MR) is 110 cm³/mol. The molecule has 158 valence electrons. The molecule has 2 heterocycles. The molecule has 4 fully saturated rings. The second-order valence-corrected chi connectivity index (χ2v) is 10.1. The molecule has 0 saturated heterocycles. The second-order valence-electron chi connectivity index (χ2n) is 9.18. The molecule has 2 N–H and O–H groups in total. The summed E-state index contributed by atoms with van der Waals surface area (Å²) in [6, 6.07) is 3.68. The van der Waals surface area contributed by atoms with Crippen LogP contribution in [0.4, 0.5) is 5.69 Å². The number of carbonyl (C=O) groups is 1. The van der Waals surface area contributed by atoms with Crippen LogP contribution in [0.15, 0.2) is 35.1 Å². The summed E-state index contributed by atoms with van der Waals surface area (Å²) in [5.41, 5.74) is 5.48. The zero-order valence-corrected chi connectivity index (χ0v) is 17.2. The SMILES string of the molecule is N/C(=N\OC(=O)CC12CC3CC(C1)CC(n1cc([N+](=O)[O-])cn1)(C3)C2)c1cccs1. The van der Waals surface area contributed by atoms with E-state index in [1.807, 2.05) is 17.5 Å². The maximum Gasteiger partial charge on any atom is 0.335 e. The molecule has 2 aromatic heterocycles. The molecule has 10 heteroatoms. The van der Waals surface area contributed by atoms with Crippen LogP contribution >= 0.6 is 11.3 Å². The number of amidine groups is 1. The molecule has 9 nitrogen and oxygen atoms in total. The van der Waals surface area contributed by atoms with Gasteiger partial charge in [0.05, 0.1) is 21.8 Å². The van der Waals surface area contributed by atoms with Gasteiger partial charge in [0.15, 0.2) is 5.84 Å². The maximum atomic E-state index is 12.6. The Balaban J connectivity index is 1.34. The summed E-state index contributed by atoms with van der Waals surface area (Å²) in [4.78, 5) is 29.3. The number of nitrogens with zero attached hydrogens (tertiary/aromatic N) is 4. The van der Waals surface area contributed by atoms with Gasteiger partial charge >= 0.3 is 11.7 Å². The summed E-state index contributed by atoms with van der Waals surface area (Å²) >= 11 is 1.43. The van der Waals surface area contributed by atoms with Gasteiger partial charge in [0, 0.05) is 0 Å². The predicted octanol–water partition coefficient (Wildman–Crippen LogP) is 3.40. The van der Waals surface area contributed by atoms with Crippen molar-refractivity contribution in [2.45, 2.75) is 50.5 Å². The Morgan fingerprint density at radius 2 is 2.17 bits per heavy atom. The highest BCUT2D eigenvalue weighted by Gasteiger charge is 2.59. The molecule has 4 bridgehead atoms. The number of hydrogen-bond acceptors (Lipinski definition) is 7. The van der Waals surface area contributed by atoms with Crippen LogP contribution in [-0.4, -0.2) is 26.5 Å². The van der Waals surface area contributed by atoms with Crippen LogP contribution in [0.3, 0.4) is 0 Å². The molecule has 4 aliphatic rings. The second kappa shape index (κ2) is 6.90. The summed E-state index contributed by atoms with van der Waals surface area (Å²) in [6.45, 7) is 0. The normalized spacial score (nSPS) is 32.3. The van der Waals surface area contributed by atoms with E-state index in [-0.39, 0.29) is 34.9 Å². The smallest absolute Gasteiger partial charge is 0.335 e. The lowest BCUT2D eigenvalue weighted by molar-refractivity contribution is -0.385. The highest BCUT2D eigenvalue weighted by molar-refractivity contribution is 7.12. The molecule has 2 atom stereocenters. The van der Waals surface area contributed by atoms with Gasteiger partial charge in [0.2, 0.25) is 0 Å². The number of aromatic nitrogens is 2. The molecule has 0 aliphatic heterocycles. The Morgan fingerprint density at radius 3 is 2.80 bits per heavy atom. The quantitative estimate of drug-likeness (QED) is 0.247. The van der Waals surface area contributed by atoms with Crippen LogP contribution in [0.5, 0.6) is 0 Å². The van der Waals surface area contributed by atoms with E-state index < -0.39 is 4.92 Å². The van der Waals surface area contributed by atoms with E-state index in [1.54, 1.807) is 10.9 Å². The van der Waals surface area contributed by atoms with Gasteiger partial charge in [-0.1, -0.05) is 11.2 Å². The van der Waals surface area contributed by atoms with Gasteiger partial charge in [-0.15, -0.1) is 11.3 Å². The fourth-order valence-electron chi connectivity index (χ4n) is 6.45. The minimum absolute atomic E-state index is 0.0117. The largest absolute Gasteiger partial charge is 0.380 e. The van der Waals surface area contributed by atoms with Crippen molar-refractivity contribution in [2.75, 3.05) is 0 Å². The number of hydrogen-bond donors (Lipinski definition) is 1. The third-order valence-electron chi connectivity index (χ3n) is 6.96. The van der Waals surface area contributed by atoms with Crippen molar-refractivity contribution in [2.24, 2.45) is 28.1 Å². The zero-order chi connectivity index (χ0) is 20.9. The molecule has 30 heavy (non-hydrogen) atoms. The number of rotatable bonds is 6. The molecule has 6 rings (SSSR count). The topological polar surface area (TPSA) is 126 Å². The van der Waals surface area contributed by atoms with Gasteiger partial charge in [0.25, 0.3) is 0 Å². The van der Waals surface area contributed by atoms with Gasteiger partial charge in [-0.25, -0.2) is 4.79 Å². The molecule has 4 aliphatic carbocycles. The van der Waals surface area contributed by atoms with E-state index in [0.29, 0.717) is 11.8 Å². The molecule has 0 aromatic carbocycles. The lowest BCUT2D eigenvalue weighted by atomic mass is 9.46. The van der Waals surface area contributed by atoms with Crippen molar-refractivity contribution in [1.82, 2.24) is 9.78 Å². The van der Waals surface area contributed by atoms with Gasteiger partial charge in [-0.2, -0.15) is 5.10 Å².